The summed E-state index contributed by atoms with van der Waals surface area (Å²) in [7, 11) is 0. The van der Waals surface area contributed by atoms with Crippen molar-refractivity contribution in [2.45, 2.75) is 13.2 Å². The molecule has 30 heavy (non-hydrogen) atoms. The lowest BCUT2D eigenvalue weighted by atomic mass is 10.2. The van der Waals surface area contributed by atoms with Gasteiger partial charge in [0.05, 0.1) is 6.54 Å². The number of hydrogen-bond acceptors (Lipinski definition) is 4. The average Bonchev–Trinajstić information content (AvgIpc) is 3.21. The Morgan fingerprint density at radius 1 is 1.00 bits per heavy atom. The zero-order valence-electron chi connectivity index (χ0n) is 16.0. The monoisotopic (exact) mass is 402 g/mol. The number of carbonyl (C=O) groups is 1. The predicted octanol–water partition coefficient (Wildman–Crippen LogP) is 4.30. The molecule has 4 aromatic rings. The van der Waals surface area contributed by atoms with E-state index in [9.17, 15) is 9.18 Å². The van der Waals surface area contributed by atoms with Gasteiger partial charge in [-0.3, -0.25) is 14.5 Å². The van der Waals surface area contributed by atoms with Crippen LogP contribution in [0.5, 0.6) is 5.75 Å². The van der Waals surface area contributed by atoms with Crippen molar-refractivity contribution in [3.8, 4) is 5.75 Å². The van der Waals surface area contributed by atoms with Gasteiger partial charge in [-0.05, 0) is 53.6 Å². The van der Waals surface area contributed by atoms with Crippen molar-refractivity contribution < 1.29 is 13.9 Å². The van der Waals surface area contributed by atoms with E-state index < -0.39 is 0 Å². The second kappa shape index (κ2) is 9.00. The van der Waals surface area contributed by atoms with Crippen molar-refractivity contribution in [1.82, 2.24) is 14.8 Å². The molecule has 0 aliphatic rings. The number of benzene rings is 2. The normalized spacial score (nSPS) is 10.6. The fraction of sp³-hybridized carbons (Fsp3) is 0.0870. The van der Waals surface area contributed by atoms with Crippen LogP contribution in [0.15, 0.2) is 85.3 Å². The van der Waals surface area contributed by atoms with Crippen LogP contribution < -0.4 is 10.1 Å². The molecule has 4 rings (SSSR count). The van der Waals surface area contributed by atoms with Crippen LogP contribution in [0.4, 0.5) is 10.2 Å². The summed E-state index contributed by atoms with van der Waals surface area (Å²) in [5.41, 5.74) is 2.36. The maximum atomic E-state index is 13.0. The van der Waals surface area contributed by atoms with Crippen molar-refractivity contribution >= 4 is 11.7 Å². The highest BCUT2D eigenvalue weighted by Crippen LogP contribution is 2.17. The largest absolute Gasteiger partial charge is 0.489 e. The number of pyridine rings is 1. The molecule has 0 fully saturated rings. The molecule has 0 aliphatic carbocycles. The van der Waals surface area contributed by atoms with Gasteiger partial charge < -0.3 is 10.1 Å². The molecule has 1 N–H and O–H groups in total. The van der Waals surface area contributed by atoms with E-state index in [0.29, 0.717) is 23.7 Å². The van der Waals surface area contributed by atoms with Gasteiger partial charge in [0.25, 0.3) is 5.91 Å². The fourth-order valence-electron chi connectivity index (χ4n) is 2.85. The van der Waals surface area contributed by atoms with Crippen LogP contribution >= 0.6 is 0 Å². The Hall–Kier alpha value is -4.00. The molecule has 0 radical (unpaired) electrons. The van der Waals surface area contributed by atoms with E-state index in [4.69, 9.17) is 4.74 Å². The van der Waals surface area contributed by atoms with Crippen LogP contribution in [0.2, 0.25) is 0 Å². The molecule has 0 atom stereocenters. The van der Waals surface area contributed by atoms with Crippen molar-refractivity contribution in [2.24, 2.45) is 0 Å². The van der Waals surface area contributed by atoms with Crippen LogP contribution in [-0.2, 0) is 13.2 Å². The topological polar surface area (TPSA) is 69.0 Å². The zero-order chi connectivity index (χ0) is 20.8. The number of hydrogen-bond donors (Lipinski definition) is 1. The van der Waals surface area contributed by atoms with Gasteiger partial charge in [-0.2, -0.15) is 5.10 Å². The maximum Gasteiger partial charge on any atom is 0.256 e. The smallest absolute Gasteiger partial charge is 0.256 e. The number of aromatic nitrogens is 3. The predicted molar refractivity (Wildman–Crippen MR) is 111 cm³/mol. The Bertz CT molecular complexity index is 1130. The Labute approximate surface area is 173 Å². The lowest BCUT2D eigenvalue weighted by Gasteiger charge is -2.08. The van der Waals surface area contributed by atoms with E-state index in [1.54, 1.807) is 65.7 Å². The summed E-state index contributed by atoms with van der Waals surface area (Å²) >= 11 is 0. The van der Waals surface area contributed by atoms with Gasteiger partial charge >= 0.3 is 0 Å². The second-order valence-corrected chi connectivity index (χ2v) is 6.65. The molecule has 0 saturated carbocycles. The van der Waals surface area contributed by atoms with Crippen molar-refractivity contribution in [3.63, 3.8) is 0 Å². The molecule has 0 unspecified atom stereocenters. The van der Waals surface area contributed by atoms with Gasteiger partial charge in [0.1, 0.15) is 18.2 Å². The molecule has 2 heterocycles. The number of halogens is 1. The molecule has 2 aromatic carbocycles. The maximum absolute atomic E-state index is 13.0. The van der Waals surface area contributed by atoms with Gasteiger partial charge in [0, 0.05) is 30.2 Å². The summed E-state index contributed by atoms with van der Waals surface area (Å²) in [6.45, 7) is 0.871. The quantitative estimate of drug-likeness (QED) is 0.501. The van der Waals surface area contributed by atoms with Crippen molar-refractivity contribution in [2.75, 3.05) is 5.32 Å². The number of carbonyl (C=O) groups excluding carboxylic acids is 1. The minimum Gasteiger partial charge on any atom is -0.489 e. The van der Waals surface area contributed by atoms with Crippen LogP contribution in [0.1, 0.15) is 21.5 Å². The molecule has 0 aliphatic heterocycles. The lowest BCUT2D eigenvalue weighted by molar-refractivity contribution is 0.102. The molecule has 7 heteroatoms. The van der Waals surface area contributed by atoms with E-state index in [1.165, 1.54) is 12.1 Å². The Morgan fingerprint density at radius 2 is 1.80 bits per heavy atom. The Morgan fingerprint density at radius 3 is 2.60 bits per heavy atom. The first-order valence-electron chi connectivity index (χ1n) is 9.37. The van der Waals surface area contributed by atoms with Crippen LogP contribution in [-0.4, -0.2) is 20.7 Å². The van der Waals surface area contributed by atoms with E-state index in [0.717, 1.165) is 11.1 Å². The number of anilines is 1. The summed E-state index contributed by atoms with van der Waals surface area (Å²) in [6, 6.07) is 18.5. The highest BCUT2D eigenvalue weighted by molar-refractivity contribution is 6.03. The van der Waals surface area contributed by atoms with Crippen molar-refractivity contribution in [1.29, 1.82) is 0 Å². The third-order valence-electron chi connectivity index (χ3n) is 4.39. The first kappa shape index (κ1) is 19.3. The average molecular weight is 402 g/mol. The lowest BCUT2D eigenvalue weighted by Crippen LogP contribution is -2.13. The minimum absolute atomic E-state index is 0.281. The van der Waals surface area contributed by atoms with Gasteiger partial charge in [-0.15, -0.1) is 0 Å². The summed E-state index contributed by atoms with van der Waals surface area (Å²) in [6.07, 6.45) is 5.26. The molecule has 0 saturated heterocycles. The van der Waals surface area contributed by atoms with Gasteiger partial charge in [0.15, 0.2) is 5.82 Å². The zero-order valence-corrected chi connectivity index (χ0v) is 16.0. The summed E-state index contributed by atoms with van der Waals surface area (Å²) in [5, 5.41) is 7.17. The number of nitrogens with one attached hydrogen (secondary N) is 1. The van der Waals surface area contributed by atoms with E-state index in [1.807, 2.05) is 12.1 Å². The highest BCUT2D eigenvalue weighted by atomic mass is 19.1. The Kier molecular flexibility index (Phi) is 5.80. The standard InChI is InChI=1S/C23H19FN4O2/c24-20-6-4-18(5-7-20)16-30-21-3-1-2-19(14-21)23(29)26-22-10-13-28(27-22)15-17-8-11-25-12-9-17/h1-14H,15-16H2,(H,26,27,29). The number of nitrogens with zero attached hydrogens (tertiary/aromatic N) is 3. The fourth-order valence-corrected chi connectivity index (χ4v) is 2.85. The first-order chi connectivity index (χ1) is 14.7. The molecular formula is C23H19FN4O2. The van der Waals surface area contributed by atoms with E-state index in [2.05, 4.69) is 15.4 Å². The van der Waals surface area contributed by atoms with Crippen LogP contribution in [0, 0.1) is 5.82 Å². The molecule has 0 bridgehead atoms. The second-order valence-electron chi connectivity index (χ2n) is 6.65. The van der Waals surface area contributed by atoms with Crippen LogP contribution in [0.3, 0.4) is 0 Å². The SMILES string of the molecule is O=C(Nc1ccn(Cc2ccncc2)n1)c1cccc(OCc2ccc(F)cc2)c1. The molecule has 0 spiro atoms. The van der Waals surface area contributed by atoms with Gasteiger partial charge in [0.2, 0.25) is 0 Å². The number of ether oxygens (including phenoxy) is 1. The molecule has 6 nitrogen and oxygen atoms in total. The summed E-state index contributed by atoms with van der Waals surface area (Å²) in [5.74, 6) is 0.443. The van der Waals surface area contributed by atoms with E-state index in [-0.39, 0.29) is 18.3 Å². The van der Waals surface area contributed by atoms with E-state index >= 15 is 0 Å². The number of amides is 1. The number of rotatable bonds is 7. The summed E-state index contributed by atoms with van der Waals surface area (Å²) in [4.78, 5) is 16.6. The molecule has 2 aromatic heterocycles. The Balaban J connectivity index is 1.36. The first-order valence-corrected chi connectivity index (χ1v) is 9.37. The van der Waals surface area contributed by atoms with Crippen LogP contribution in [0.25, 0.3) is 0 Å². The third kappa shape index (κ3) is 5.08. The summed E-state index contributed by atoms with van der Waals surface area (Å²) < 4.78 is 20.4. The van der Waals surface area contributed by atoms with Gasteiger partial charge in [-0.25, -0.2) is 4.39 Å². The molecule has 150 valence electrons. The van der Waals surface area contributed by atoms with Gasteiger partial charge in [-0.1, -0.05) is 18.2 Å². The minimum atomic E-state index is -0.291. The highest BCUT2D eigenvalue weighted by Gasteiger charge is 2.10. The molecule has 1 amide bonds. The molecular weight excluding hydrogens is 383 g/mol. The third-order valence-corrected chi connectivity index (χ3v) is 4.39. The van der Waals surface area contributed by atoms with Crippen molar-refractivity contribution in [3.05, 3.63) is 108 Å².